The Morgan fingerprint density at radius 2 is 1.86 bits per heavy atom. The molecule has 0 radical (unpaired) electrons. The molecule has 0 spiro atoms. The van der Waals surface area contributed by atoms with Crippen LogP contribution in [0.15, 0.2) is 0 Å². The number of fused-ring (bicyclic) bond motifs is 3. The Kier molecular flexibility index (Phi) is 1.73. The van der Waals surface area contributed by atoms with Gasteiger partial charge >= 0.3 is 0 Å². The van der Waals surface area contributed by atoms with Crippen LogP contribution < -0.4 is 0 Å². The standard InChI is InChI=1S/C9H14O5/c1-9(2)13-5-4(10)3-11-8-7(12-8)6(5)14-9/h4-8,10H,3H2,1-2H3/t4-,5-,6?,7-,8-/m1/s1. The third kappa shape index (κ3) is 1.28. The predicted molar refractivity (Wildman–Crippen MR) is 44.4 cm³/mol. The van der Waals surface area contributed by atoms with Gasteiger partial charge in [-0.25, -0.2) is 0 Å². The van der Waals surface area contributed by atoms with Crippen molar-refractivity contribution >= 4 is 0 Å². The number of aliphatic hydroxyl groups excluding tert-OH is 1. The first-order chi connectivity index (χ1) is 6.57. The van der Waals surface area contributed by atoms with E-state index in [2.05, 4.69) is 0 Å². The predicted octanol–water partition coefficient (Wildman–Crippen LogP) is -0.378. The molecule has 0 amide bonds. The maximum absolute atomic E-state index is 9.74. The molecule has 0 aliphatic carbocycles. The Morgan fingerprint density at radius 1 is 1.14 bits per heavy atom. The Labute approximate surface area is 81.9 Å². The Hall–Kier alpha value is -0.200. The van der Waals surface area contributed by atoms with Crippen molar-refractivity contribution in [3.63, 3.8) is 0 Å². The van der Waals surface area contributed by atoms with E-state index in [1.165, 1.54) is 0 Å². The van der Waals surface area contributed by atoms with E-state index >= 15 is 0 Å². The summed E-state index contributed by atoms with van der Waals surface area (Å²) in [4.78, 5) is 0. The topological polar surface area (TPSA) is 60.5 Å². The van der Waals surface area contributed by atoms with Crippen LogP contribution in [-0.2, 0) is 18.9 Å². The summed E-state index contributed by atoms with van der Waals surface area (Å²) in [6.45, 7) is 3.93. The third-order valence-electron chi connectivity index (χ3n) is 2.78. The summed E-state index contributed by atoms with van der Waals surface area (Å²) in [5.74, 6) is -0.635. The number of epoxide rings is 1. The first kappa shape index (κ1) is 9.06. The molecule has 80 valence electrons. The van der Waals surface area contributed by atoms with Gasteiger partial charge in [-0.1, -0.05) is 0 Å². The van der Waals surface area contributed by atoms with Crippen molar-refractivity contribution in [2.24, 2.45) is 0 Å². The van der Waals surface area contributed by atoms with Gasteiger partial charge in [0.25, 0.3) is 0 Å². The van der Waals surface area contributed by atoms with Gasteiger partial charge in [0.1, 0.15) is 24.4 Å². The molecule has 5 atom stereocenters. The normalized spacial score (nSPS) is 54.6. The fourth-order valence-electron chi connectivity index (χ4n) is 2.13. The Balaban J connectivity index is 1.84. The lowest BCUT2D eigenvalue weighted by molar-refractivity contribution is -0.162. The van der Waals surface area contributed by atoms with Gasteiger partial charge in [-0.15, -0.1) is 0 Å². The highest BCUT2D eigenvalue weighted by Crippen LogP contribution is 2.42. The quantitative estimate of drug-likeness (QED) is 0.543. The lowest BCUT2D eigenvalue weighted by Gasteiger charge is -2.19. The Morgan fingerprint density at radius 3 is 2.64 bits per heavy atom. The summed E-state index contributed by atoms with van der Waals surface area (Å²) >= 11 is 0. The molecule has 3 rings (SSSR count). The summed E-state index contributed by atoms with van der Waals surface area (Å²) in [5.41, 5.74) is 0. The van der Waals surface area contributed by atoms with Crippen LogP contribution in [-0.4, -0.2) is 48.2 Å². The highest BCUT2D eigenvalue weighted by atomic mass is 16.8. The molecule has 5 nitrogen and oxygen atoms in total. The average molecular weight is 202 g/mol. The Bertz CT molecular complexity index is 242. The second kappa shape index (κ2) is 2.68. The molecule has 1 N–H and O–H groups in total. The fraction of sp³-hybridized carbons (Fsp3) is 1.00. The number of hydrogen-bond acceptors (Lipinski definition) is 5. The molecule has 0 aromatic rings. The summed E-state index contributed by atoms with van der Waals surface area (Å²) in [5, 5.41) is 9.74. The fourth-order valence-corrected chi connectivity index (χ4v) is 2.13. The molecule has 3 saturated heterocycles. The van der Waals surface area contributed by atoms with E-state index in [9.17, 15) is 5.11 Å². The summed E-state index contributed by atoms with van der Waals surface area (Å²) in [6, 6.07) is 0. The molecule has 0 saturated carbocycles. The zero-order valence-electron chi connectivity index (χ0n) is 8.17. The van der Waals surface area contributed by atoms with Crippen LogP contribution in [0.4, 0.5) is 0 Å². The SMILES string of the molecule is CC1(C)OC2[C@H]3O[C@H]3OC[C@@H](O)[C@H]2O1. The zero-order chi connectivity index (χ0) is 9.92. The van der Waals surface area contributed by atoms with Crippen molar-refractivity contribution in [1.82, 2.24) is 0 Å². The molecule has 14 heavy (non-hydrogen) atoms. The van der Waals surface area contributed by atoms with Gasteiger partial charge < -0.3 is 24.1 Å². The van der Waals surface area contributed by atoms with Crippen LogP contribution >= 0.6 is 0 Å². The molecule has 3 aliphatic heterocycles. The molecule has 5 heteroatoms. The second-order valence-corrected chi connectivity index (χ2v) is 4.43. The van der Waals surface area contributed by atoms with Crippen molar-refractivity contribution in [3.05, 3.63) is 0 Å². The molecule has 3 fully saturated rings. The minimum Gasteiger partial charge on any atom is -0.388 e. The molecular formula is C9H14O5. The van der Waals surface area contributed by atoms with E-state index in [0.29, 0.717) is 0 Å². The molecule has 0 bridgehead atoms. The van der Waals surface area contributed by atoms with Crippen LogP contribution in [0.5, 0.6) is 0 Å². The number of ether oxygens (including phenoxy) is 4. The van der Waals surface area contributed by atoms with Gasteiger partial charge in [-0.05, 0) is 13.8 Å². The molecule has 1 unspecified atom stereocenters. The van der Waals surface area contributed by atoms with E-state index < -0.39 is 11.9 Å². The maximum Gasteiger partial charge on any atom is 0.187 e. The van der Waals surface area contributed by atoms with Crippen LogP contribution in [0, 0.1) is 0 Å². The van der Waals surface area contributed by atoms with Gasteiger partial charge in [0.15, 0.2) is 12.1 Å². The van der Waals surface area contributed by atoms with Crippen molar-refractivity contribution in [3.8, 4) is 0 Å². The minimum absolute atomic E-state index is 0.0704. The molecule has 3 aliphatic rings. The maximum atomic E-state index is 9.74. The number of rotatable bonds is 0. The summed E-state index contributed by atoms with van der Waals surface area (Å²) in [7, 11) is 0. The van der Waals surface area contributed by atoms with Crippen LogP contribution in [0.1, 0.15) is 13.8 Å². The van der Waals surface area contributed by atoms with E-state index in [-0.39, 0.29) is 31.2 Å². The van der Waals surface area contributed by atoms with E-state index in [1.807, 2.05) is 13.8 Å². The number of aliphatic hydroxyl groups is 1. The van der Waals surface area contributed by atoms with Crippen LogP contribution in [0.3, 0.4) is 0 Å². The van der Waals surface area contributed by atoms with Crippen molar-refractivity contribution in [2.45, 2.75) is 50.3 Å². The second-order valence-electron chi connectivity index (χ2n) is 4.43. The monoisotopic (exact) mass is 202 g/mol. The highest BCUT2D eigenvalue weighted by Gasteiger charge is 2.60. The average Bonchev–Trinajstić information content (AvgIpc) is 2.80. The number of hydrogen-bond donors (Lipinski definition) is 1. The summed E-state index contributed by atoms with van der Waals surface area (Å²) in [6.07, 6.45) is -1.44. The minimum atomic E-state index is -0.635. The van der Waals surface area contributed by atoms with Crippen molar-refractivity contribution in [2.75, 3.05) is 6.61 Å². The van der Waals surface area contributed by atoms with E-state index in [1.54, 1.807) is 0 Å². The van der Waals surface area contributed by atoms with Gasteiger partial charge in [0.05, 0.1) is 6.61 Å². The van der Waals surface area contributed by atoms with Crippen molar-refractivity contribution < 1.29 is 24.1 Å². The molecular weight excluding hydrogens is 188 g/mol. The zero-order valence-corrected chi connectivity index (χ0v) is 8.17. The largest absolute Gasteiger partial charge is 0.388 e. The summed E-state index contributed by atoms with van der Waals surface area (Å²) < 4.78 is 21.8. The lowest BCUT2D eigenvalue weighted by atomic mass is 10.1. The van der Waals surface area contributed by atoms with Crippen LogP contribution in [0.25, 0.3) is 0 Å². The molecule has 0 aromatic heterocycles. The first-order valence-electron chi connectivity index (χ1n) is 4.88. The van der Waals surface area contributed by atoms with Gasteiger partial charge in [-0.3, -0.25) is 0 Å². The van der Waals surface area contributed by atoms with E-state index in [4.69, 9.17) is 18.9 Å². The molecule has 0 aromatic carbocycles. The van der Waals surface area contributed by atoms with E-state index in [0.717, 1.165) is 0 Å². The highest BCUT2D eigenvalue weighted by molar-refractivity contribution is 5.00. The third-order valence-corrected chi connectivity index (χ3v) is 2.78. The lowest BCUT2D eigenvalue weighted by Crippen LogP contribution is -2.38. The van der Waals surface area contributed by atoms with Crippen LogP contribution in [0.2, 0.25) is 0 Å². The van der Waals surface area contributed by atoms with Crippen molar-refractivity contribution in [1.29, 1.82) is 0 Å². The molecule has 3 heterocycles. The van der Waals surface area contributed by atoms with Gasteiger partial charge in [0, 0.05) is 0 Å². The van der Waals surface area contributed by atoms with Gasteiger partial charge in [0.2, 0.25) is 0 Å². The van der Waals surface area contributed by atoms with Gasteiger partial charge in [-0.2, -0.15) is 0 Å². The smallest absolute Gasteiger partial charge is 0.187 e. The first-order valence-corrected chi connectivity index (χ1v) is 4.88.